The molecule has 4 nitrogen and oxygen atoms in total. The van der Waals surface area contributed by atoms with E-state index in [-0.39, 0.29) is 12.4 Å². The van der Waals surface area contributed by atoms with Gasteiger partial charge in [0.1, 0.15) is 5.75 Å². The fourth-order valence-corrected chi connectivity index (χ4v) is 5.68. The highest BCUT2D eigenvalue weighted by Crippen LogP contribution is 2.66. The molecule has 0 fully saturated rings. The third-order valence-corrected chi connectivity index (χ3v) is 7.50. The fraction of sp³-hybridized carbons (Fsp3) is 0.714. The average molecular weight is 384 g/mol. The number of hydrogen-bond donors (Lipinski definition) is 2. The van der Waals surface area contributed by atoms with Gasteiger partial charge in [-0.15, -0.1) is 0 Å². The van der Waals surface area contributed by atoms with Crippen LogP contribution >= 0.6 is 7.60 Å². The topological polar surface area (TPSA) is 66.8 Å². The Hall–Kier alpha value is -0.830. The molecule has 150 valence electrons. The van der Waals surface area contributed by atoms with Crippen molar-refractivity contribution < 1.29 is 19.1 Å². The molecule has 0 bridgehead atoms. The van der Waals surface area contributed by atoms with E-state index in [4.69, 9.17) is 4.52 Å². The number of hydrogen-bond acceptors (Lipinski definition) is 3. The third kappa shape index (κ3) is 5.58. The Labute approximate surface area is 159 Å². The summed E-state index contributed by atoms with van der Waals surface area (Å²) in [7, 11) is -3.87. The van der Waals surface area contributed by atoms with Gasteiger partial charge in [0.15, 0.2) is 0 Å². The molecule has 1 aromatic rings. The minimum Gasteiger partial charge on any atom is -0.508 e. The van der Waals surface area contributed by atoms with Crippen LogP contribution in [0.5, 0.6) is 5.75 Å². The molecule has 0 heterocycles. The molecule has 5 heteroatoms. The van der Waals surface area contributed by atoms with Crippen LogP contribution in [0.2, 0.25) is 0 Å². The van der Waals surface area contributed by atoms with E-state index >= 15 is 0 Å². The molecule has 0 radical (unpaired) electrons. The SMILES string of the molecule is CCCCc1cc(O)ccc1C(CCCC)(CCCC)P(=O)(O)OCC. The monoisotopic (exact) mass is 384 g/mol. The summed E-state index contributed by atoms with van der Waals surface area (Å²) in [5.74, 6) is 0.212. The van der Waals surface area contributed by atoms with Gasteiger partial charge in [0.25, 0.3) is 0 Å². The minimum absolute atomic E-state index is 0.212. The van der Waals surface area contributed by atoms with E-state index in [1.165, 1.54) is 0 Å². The zero-order chi connectivity index (χ0) is 19.6. The Morgan fingerprint density at radius 1 is 1.00 bits per heavy atom. The normalized spacial score (nSPS) is 14.3. The minimum atomic E-state index is -3.87. The van der Waals surface area contributed by atoms with Gasteiger partial charge in [-0.2, -0.15) is 0 Å². The molecular weight excluding hydrogens is 347 g/mol. The number of aryl methyl sites for hydroxylation is 1. The van der Waals surface area contributed by atoms with Crippen molar-refractivity contribution in [1.82, 2.24) is 0 Å². The largest absolute Gasteiger partial charge is 0.508 e. The Morgan fingerprint density at radius 2 is 1.58 bits per heavy atom. The van der Waals surface area contributed by atoms with E-state index in [1.807, 2.05) is 6.07 Å². The first kappa shape index (κ1) is 23.2. The van der Waals surface area contributed by atoms with Crippen molar-refractivity contribution in [2.24, 2.45) is 0 Å². The van der Waals surface area contributed by atoms with Crippen molar-refractivity contribution in [1.29, 1.82) is 0 Å². The zero-order valence-corrected chi connectivity index (χ0v) is 17.9. The van der Waals surface area contributed by atoms with Crippen molar-refractivity contribution in [2.45, 2.75) is 90.6 Å². The molecule has 0 aliphatic rings. The van der Waals surface area contributed by atoms with Crippen LogP contribution in [-0.2, 0) is 20.7 Å². The quantitative estimate of drug-likeness (QED) is 0.379. The van der Waals surface area contributed by atoms with Crippen LogP contribution in [0.1, 0.15) is 90.2 Å². The maximum absolute atomic E-state index is 13.4. The Balaban J connectivity index is 3.57. The van der Waals surface area contributed by atoms with E-state index in [0.29, 0.717) is 12.8 Å². The van der Waals surface area contributed by atoms with E-state index in [0.717, 1.165) is 56.1 Å². The molecule has 26 heavy (non-hydrogen) atoms. The summed E-state index contributed by atoms with van der Waals surface area (Å²) < 4.78 is 18.9. The van der Waals surface area contributed by atoms with Gasteiger partial charge in [-0.1, -0.05) is 58.9 Å². The molecule has 0 amide bonds. The van der Waals surface area contributed by atoms with Crippen molar-refractivity contribution in [3.8, 4) is 5.75 Å². The molecule has 0 aromatic heterocycles. The second kappa shape index (κ2) is 11.1. The van der Waals surface area contributed by atoms with Crippen molar-refractivity contribution in [3.05, 3.63) is 29.3 Å². The lowest BCUT2D eigenvalue weighted by Gasteiger charge is -2.39. The highest BCUT2D eigenvalue weighted by molar-refractivity contribution is 7.54. The number of benzene rings is 1. The molecule has 0 aliphatic heterocycles. The molecule has 0 aliphatic carbocycles. The van der Waals surface area contributed by atoms with Crippen molar-refractivity contribution in [3.63, 3.8) is 0 Å². The standard InChI is InChI=1S/C21H37O4P/c1-5-9-12-18-17-19(22)13-14-20(18)21(15-10-6-2,16-11-7-3)26(23,24)25-8-4/h13-14,17,22H,5-12,15-16H2,1-4H3,(H,23,24). The molecule has 1 rings (SSSR count). The first-order valence-electron chi connectivity index (χ1n) is 10.2. The smallest absolute Gasteiger partial charge is 0.338 e. The van der Waals surface area contributed by atoms with Crippen LogP contribution < -0.4 is 0 Å². The van der Waals surface area contributed by atoms with Gasteiger partial charge >= 0.3 is 7.60 Å². The summed E-state index contributed by atoms with van der Waals surface area (Å²) in [6, 6.07) is 5.26. The zero-order valence-electron chi connectivity index (χ0n) is 17.0. The van der Waals surface area contributed by atoms with Crippen molar-refractivity contribution >= 4 is 7.60 Å². The lowest BCUT2D eigenvalue weighted by molar-refractivity contribution is 0.232. The maximum Gasteiger partial charge on any atom is 0.338 e. The lowest BCUT2D eigenvalue weighted by atomic mass is 9.83. The first-order valence-corrected chi connectivity index (χ1v) is 11.8. The number of rotatable bonds is 13. The molecule has 1 unspecified atom stereocenters. The van der Waals surface area contributed by atoms with E-state index in [9.17, 15) is 14.6 Å². The number of phenolic OH excluding ortho intramolecular Hbond substituents is 1. The second-order valence-electron chi connectivity index (χ2n) is 7.12. The summed E-state index contributed by atoms with van der Waals surface area (Å²) in [5.41, 5.74) is 1.87. The van der Waals surface area contributed by atoms with Gasteiger partial charge in [-0.3, -0.25) is 4.57 Å². The lowest BCUT2D eigenvalue weighted by Crippen LogP contribution is -2.29. The Morgan fingerprint density at radius 3 is 2.08 bits per heavy atom. The van der Waals surface area contributed by atoms with Crippen LogP contribution in [0.25, 0.3) is 0 Å². The van der Waals surface area contributed by atoms with Crippen LogP contribution in [-0.4, -0.2) is 16.6 Å². The van der Waals surface area contributed by atoms with Gasteiger partial charge in [-0.05, 0) is 55.9 Å². The summed E-state index contributed by atoms with van der Waals surface area (Å²) in [6.07, 6.45) is 7.73. The van der Waals surface area contributed by atoms with E-state index in [1.54, 1.807) is 19.1 Å². The predicted octanol–water partition coefficient (Wildman–Crippen LogP) is 6.53. The Kier molecular flexibility index (Phi) is 9.92. The maximum atomic E-state index is 13.4. The number of phenols is 1. The van der Waals surface area contributed by atoms with Gasteiger partial charge in [0.05, 0.1) is 11.8 Å². The van der Waals surface area contributed by atoms with Crippen molar-refractivity contribution in [2.75, 3.05) is 6.61 Å². The van der Waals surface area contributed by atoms with E-state index < -0.39 is 12.8 Å². The van der Waals surface area contributed by atoms with Gasteiger partial charge in [0.2, 0.25) is 0 Å². The summed E-state index contributed by atoms with van der Waals surface area (Å²) in [4.78, 5) is 11.0. The highest BCUT2D eigenvalue weighted by Gasteiger charge is 2.49. The molecule has 0 spiro atoms. The number of aromatic hydroxyl groups is 1. The molecule has 0 saturated heterocycles. The fourth-order valence-electron chi connectivity index (χ4n) is 3.67. The highest BCUT2D eigenvalue weighted by atomic mass is 31.2. The van der Waals surface area contributed by atoms with Crippen LogP contribution in [0.3, 0.4) is 0 Å². The Bertz CT molecular complexity index is 577. The molecule has 2 N–H and O–H groups in total. The predicted molar refractivity (Wildman–Crippen MR) is 109 cm³/mol. The first-order chi connectivity index (χ1) is 12.4. The number of unbranched alkanes of at least 4 members (excludes halogenated alkanes) is 3. The second-order valence-corrected chi connectivity index (χ2v) is 9.28. The van der Waals surface area contributed by atoms with E-state index in [2.05, 4.69) is 20.8 Å². The molecule has 1 atom stereocenters. The van der Waals surface area contributed by atoms with Crippen LogP contribution in [0.15, 0.2) is 18.2 Å². The average Bonchev–Trinajstić information content (AvgIpc) is 2.60. The summed E-state index contributed by atoms with van der Waals surface area (Å²) in [5, 5.41) is 9.10. The van der Waals surface area contributed by atoms with Crippen LogP contribution in [0.4, 0.5) is 0 Å². The molecule has 1 aromatic carbocycles. The van der Waals surface area contributed by atoms with Gasteiger partial charge in [0, 0.05) is 0 Å². The van der Waals surface area contributed by atoms with Gasteiger partial charge in [-0.25, -0.2) is 0 Å². The summed E-state index contributed by atoms with van der Waals surface area (Å²) >= 11 is 0. The molecule has 0 saturated carbocycles. The molecular formula is C21H37O4P. The van der Waals surface area contributed by atoms with Gasteiger partial charge < -0.3 is 14.5 Å². The van der Waals surface area contributed by atoms with Crippen LogP contribution in [0, 0.1) is 0 Å². The third-order valence-electron chi connectivity index (χ3n) is 5.12. The summed E-state index contributed by atoms with van der Waals surface area (Å²) in [6.45, 7) is 8.31.